The van der Waals surface area contributed by atoms with Gasteiger partial charge in [-0.3, -0.25) is 14.4 Å². The first-order chi connectivity index (χ1) is 15.8. The Morgan fingerprint density at radius 2 is 1.67 bits per heavy atom. The van der Waals surface area contributed by atoms with E-state index in [2.05, 4.69) is 5.32 Å². The molecule has 0 aliphatic heterocycles. The van der Waals surface area contributed by atoms with Crippen LogP contribution in [0, 0.1) is 24.5 Å². The third-order valence-corrected chi connectivity index (χ3v) is 5.84. The van der Waals surface area contributed by atoms with Crippen LogP contribution in [0.25, 0.3) is 0 Å². The van der Waals surface area contributed by atoms with Crippen LogP contribution in [0.3, 0.4) is 0 Å². The van der Waals surface area contributed by atoms with Crippen molar-refractivity contribution < 1.29 is 33.0 Å². The Kier molecular flexibility index (Phi) is 8.14. The SMILES string of the molecule is Cc1ccc(C(=O)NCCCC(=O)c2ccc(OC3CCC(C(=O)O)CC3)c(F)c2F)cc1. The number of rotatable bonds is 9. The topological polar surface area (TPSA) is 92.7 Å². The van der Waals surface area contributed by atoms with Crippen LogP contribution in [0.5, 0.6) is 5.75 Å². The van der Waals surface area contributed by atoms with Gasteiger partial charge in [-0.05, 0) is 63.3 Å². The second-order valence-electron chi connectivity index (χ2n) is 8.32. The Morgan fingerprint density at radius 1 is 1.00 bits per heavy atom. The van der Waals surface area contributed by atoms with Crippen molar-refractivity contribution >= 4 is 17.7 Å². The van der Waals surface area contributed by atoms with Gasteiger partial charge in [-0.2, -0.15) is 4.39 Å². The van der Waals surface area contributed by atoms with Crippen LogP contribution >= 0.6 is 0 Å². The largest absolute Gasteiger partial charge is 0.487 e. The van der Waals surface area contributed by atoms with Crippen LogP contribution in [-0.4, -0.2) is 35.4 Å². The molecule has 0 atom stereocenters. The number of carboxylic acid groups (broad SMARTS) is 1. The van der Waals surface area contributed by atoms with Gasteiger partial charge in [0.15, 0.2) is 17.3 Å². The van der Waals surface area contributed by atoms with E-state index in [0.29, 0.717) is 31.2 Å². The number of aryl methyl sites for hydroxylation is 1. The van der Waals surface area contributed by atoms with Crippen molar-refractivity contribution in [3.05, 3.63) is 64.7 Å². The van der Waals surface area contributed by atoms with Crippen molar-refractivity contribution in [1.29, 1.82) is 0 Å². The first-order valence-electron chi connectivity index (χ1n) is 11.0. The molecule has 0 heterocycles. The Hall–Kier alpha value is -3.29. The van der Waals surface area contributed by atoms with E-state index >= 15 is 0 Å². The molecule has 0 radical (unpaired) electrons. The molecule has 176 valence electrons. The number of carbonyl (C=O) groups is 3. The summed E-state index contributed by atoms with van der Waals surface area (Å²) in [6.45, 7) is 2.14. The van der Waals surface area contributed by atoms with Crippen molar-refractivity contribution in [2.24, 2.45) is 5.92 Å². The summed E-state index contributed by atoms with van der Waals surface area (Å²) in [7, 11) is 0. The van der Waals surface area contributed by atoms with E-state index in [1.54, 1.807) is 12.1 Å². The average Bonchev–Trinajstić information content (AvgIpc) is 2.80. The van der Waals surface area contributed by atoms with Gasteiger partial charge in [-0.25, -0.2) is 4.39 Å². The maximum Gasteiger partial charge on any atom is 0.306 e. The summed E-state index contributed by atoms with van der Waals surface area (Å²) in [6.07, 6.45) is 1.54. The number of amides is 1. The second-order valence-corrected chi connectivity index (χ2v) is 8.32. The smallest absolute Gasteiger partial charge is 0.306 e. The van der Waals surface area contributed by atoms with Gasteiger partial charge in [-0.1, -0.05) is 17.7 Å². The van der Waals surface area contributed by atoms with E-state index in [0.717, 1.165) is 5.56 Å². The molecular weight excluding hydrogens is 432 g/mol. The molecule has 1 aliphatic rings. The number of ketones is 1. The quantitative estimate of drug-likeness (QED) is 0.419. The molecule has 33 heavy (non-hydrogen) atoms. The van der Waals surface area contributed by atoms with Crippen molar-refractivity contribution in [3.8, 4) is 5.75 Å². The maximum absolute atomic E-state index is 14.5. The molecule has 3 rings (SSSR count). The highest BCUT2D eigenvalue weighted by Crippen LogP contribution is 2.30. The highest BCUT2D eigenvalue weighted by molar-refractivity contribution is 5.96. The number of nitrogens with one attached hydrogen (secondary N) is 1. The molecule has 0 saturated heterocycles. The summed E-state index contributed by atoms with van der Waals surface area (Å²) in [5.74, 6) is -4.90. The number of hydrogen-bond donors (Lipinski definition) is 2. The van der Waals surface area contributed by atoms with Crippen molar-refractivity contribution in [1.82, 2.24) is 5.32 Å². The van der Waals surface area contributed by atoms with Crippen LogP contribution in [0.2, 0.25) is 0 Å². The molecule has 1 fully saturated rings. The van der Waals surface area contributed by atoms with Crippen molar-refractivity contribution in [3.63, 3.8) is 0 Å². The summed E-state index contributed by atoms with van der Waals surface area (Å²) >= 11 is 0. The first-order valence-corrected chi connectivity index (χ1v) is 11.0. The molecule has 1 aliphatic carbocycles. The lowest BCUT2D eigenvalue weighted by molar-refractivity contribution is -0.143. The number of ether oxygens (including phenoxy) is 1. The number of aliphatic carboxylic acids is 1. The fraction of sp³-hybridized carbons (Fsp3) is 0.400. The first kappa shape index (κ1) is 24.4. The molecular formula is C25H27F2NO5. The Labute approximate surface area is 191 Å². The molecule has 2 aromatic rings. The highest BCUT2D eigenvalue weighted by Gasteiger charge is 2.28. The molecule has 1 saturated carbocycles. The van der Waals surface area contributed by atoms with E-state index in [1.165, 1.54) is 12.1 Å². The fourth-order valence-electron chi connectivity index (χ4n) is 3.84. The number of hydrogen-bond acceptors (Lipinski definition) is 4. The van der Waals surface area contributed by atoms with Gasteiger partial charge in [0.05, 0.1) is 17.6 Å². The van der Waals surface area contributed by atoms with Gasteiger partial charge in [0.2, 0.25) is 5.82 Å². The normalized spacial score (nSPS) is 17.9. The molecule has 0 spiro atoms. The molecule has 8 heteroatoms. The maximum atomic E-state index is 14.5. The van der Waals surface area contributed by atoms with Crippen LogP contribution in [0.1, 0.15) is 64.8 Å². The minimum atomic E-state index is -1.26. The number of Topliss-reactive ketones (excluding diaryl/α,β-unsaturated/α-hetero) is 1. The lowest BCUT2D eigenvalue weighted by Gasteiger charge is -2.27. The average molecular weight is 459 g/mol. The van der Waals surface area contributed by atoms with Crippen molar-refractivity contribution in [2.75, 3.05) is 6.54 Å². The lowest BCUT2D eigenvalue weighted by atomic mass is 9.87. The Balaban J connectivity index is 1.49. The van der Waals surface area contributed by atoms with E-state index < -0.39 is 35.4 Å². The van der Waals surface area contributed by atoms with Gasteiger partial charge in [0.1, 0.15) is 0 Å². The zero-order chi connectivity index (χ0) is 24.0. The van der Waals surface area contributed by atoms with Gasteiger partial charge in [-0.15, -0.1) is 0 Å². The minimum Gasteiger partial charge on any atom is -0.487 e. The molecule has 1 amide bonds. The van der Waals surface area contributed by atoms with Crippen LogP contribution < -0.4 is 10.1 Å². The third-order valence-electron chi connectivity index (χ3n) is 5.84. The zero-order valence-electron chi connectivity index (χ0n) is 18.4. The Morgan fingerprint density at radius 3 is 2.30 bits per heavy atom. The van der Waals surface area contributed by atoms with E-state index in [4.69, 9.17) is 9.84 Å². The van der Waals surface area contributed by atoms with Crippen LogP contribution in [0.4, 0.5) is 8.78 Å². The van der Waals surface area contributed by atoms with E-state index in [-0.39, 0.29) is 36.6 Å². The molecule has 2 aromatic carbocycles. The van der Waals surface area contributed by atoms with Gasteiger partial charge < -0.3 is 15.2 Å². The number of benzene rings is 2. The summed E-state index contributed by atoms with van der Waals surface area (Å²) in [4.78, 5) is 35.4. The second kappa shape index (κ2) is 11.0. The lowest BCUT2D eigenvalue weighted by Crippen LogP contribution is -2.28. The van der Waals surface area contributed by atoms with Gasteiger partial charge in [0.25, 0.3) is 5.91 Å². The number of carbonyl (C=O) groups excluding carboxylic acids is 2. The molecule has 0 aromatic heterocycles. The summed E-state index contributed by atoms with van der Waals surface area (Å²) < 4.78 is 34.5. The monoisotopic (exact) mass is 459 g/mol. The zero-order valence-corrected chi connectivity index (χ0v) is 18.4. The molecule has 2 N–H and O–H groups in total. The summed E-state index contributed by atoms with van der Waals surface area (Å²) in [6, 6.07) is 9.48. The van der Waals surface area contributed by atoms with E-state index in [9.17, 15) is 23.2 Å². The van der Waals surface area contributed by atoms with E-state index in [1.807, 2.05) is 19.1 Å². The summed E-state index contributed by atoms with van der Waals surface area (Å²) in [5.41, 5.74) is 1.18. The predicted molar refractivity (Wildman–Crippen MR) is 117 cm³/mol. The number of carboxylic acids is 1. The van der Waals surface area contributed by atoms with Crippen LogP contribution in [-0.2, 0) is 4.79 Å². The van der Waals surface area contributed by atoms with Crippen molar-refractivity contribution in [2.45, 2.75) is 51.6 Å². The molecule has 0 bridgehead atoms. The molecule has 0 unspecified atom stereocenters. The predicted octanol–water partition coefficient (Wildman–Crippen LogP) is 4.69. The standard InChI is InChI=1S/C25H27F2NO5/c1-15-4-6-16(7-5-15)24(30)28-14-2-3-20(29)19-12-13-21(23(27)22(19)26)33-18-10-8-17(9-11-18)25(31)32/h4-7,12-13,17-18H,2-3,8-11,14H2,1H3,(H,28,30)(H,31,32). The number of halogens is 2. The Bertz CT molecular complexity index is 1010. The van der Waals surface area contributed by atoms with Gasteiger partial charge in [0, 0.05) is 18.5 Å². The van der Waals surface area contributed by atoms with Gasteiger partial charge >= 0.3 is 5.97 Å². The molecule has 6 nitrogen and oxygen atoms in total. The van der Waals surface area contributed by atoms with Crippen LogP contribution in [0.15, 0.2) is 36.4 Å². The highest BCUT2D eigenvalue weighted by atomic mass is 19.2. The summed E-state index contributed by atoms with van der Waals surface area (Å²) in [5, 5.41) is 11.7. The third kappa shape index (κ3) is 6.37. The fourth-order valence-corrected chi connectivity index (χ4v) is 3.84. The minimum absolute atomic E-state index is 0.0516.